The molecule has 0 unspecified atom stereocenters. The fourth-order valence-corrected chi connectivity index (χ4v) is 2.48. The number of aryl methyl sites for hydroxylation is 2. The molecule has 0 aliphatic rings. The SMILES string of the molecule is CCCCOCCCn1c(=S)[nH]c2cc(F)c(C)cc21. The summed E-state index contributed by atoms with van der Waals surface area (Å²) in [5.74, 6) is -0.205. The molecule has 3 nitrogen and oxygen atoms in total. The van der Waals surface area contributed by atoms with Gasteiger partial charge in [-0.15, -0.1) is 0 Å². The van der Waals surface area contributed by atoms with Crippen LogP contribution < -0.4 is 0 Å². The van der Waals surface area contributed by atoms with Gasteiger partial charge in [-0.1, -0.05) is 13.3 Å². The molecule has 2 rings (SSSR count). The second kappa shape index (κ2) is 6.99. The lowest BCUT2D eigenvalue weighted by molar-refractivity contribution is 0.126. The highest BCUT2D eigenvalue weighted by Crippen LogP contribution is 2.19. The number of hydrogen-bond donors (Lipinski definition) is 1. The molecular formula is C15H21FN2OS. The Bertz CT molecular complexity index is 633. The summed E-state index contributed by atoms with van der Waals surface area (Å²) in [6.45, 7) is 6.25. The van der Waals surface area contributed by atoms with Gasteiger partial charge in [-0.25, -0.2) is 4.39 Å². The molecule has 110 valence electrons. The smallest absolute Gasteiger partial charge is 0.178 e. The predicted octanol–water partition coefficient (Wildman–Crippen LogP) is 4.35. The molecule has 0 fully saturated rings. The zero-order valence-corrected chi connectivity index (χ0v) is 12.9. The third kappa shape index (κ3) is 3.46. The predicted molar refractivity (Wildman–Crippen MR) is 82.2 cm³/mol. The van der Waals surface area contributed by atoms with Crippen LogP contribution in [-0.2, 0) is 11.3 Å². The molecule has 1 aromatic carbocycles. The number of rotatable bonds is 7. The van der Waals surface area contributed by atoms with Crippen LogP contribution in [0.15, 0.2) is 12.1 Å². The summed E-state index contributed by atoms with van der Waals surface area (Å²) in [5.41, 5.74) is 2.35. The van der Waals surface area contributed by atoms with E-state index < -0.39 is 0 Å². The quantitative estimate of drug-likeness (QED) is 0.608. The molecule has 0 bridgehead atoms. The van der Waals surface area contributed by atoms with Crippen molar-refractivity contribution in [3.8, 4) is 0 Å². The van der Waals surface area contributed by atoms with E-state index >= 15 is 0 Å². The first-order valence-corrected chi connectivity index (χ1v) is 7.50. The minimum Gasteiger partial charge on any atom is -0.381 e. The lowest BCUT2D eigenvalue weighted by Crippen LogP contribution is -2.04. The van der Waals surface area contributed by atoms with Crippen LogP contribution in [0.25, 0.3) is 11.0 Å². The van der Waals surface area contributed by atoms with Crippen LogP contribution in [0.4, 0.5) is 4.39 Å². The maximum atomic E-state index is 13.5. The van der Waals surface area contributed by atoms with Gasteiger partial charge in [0.1, 0.15) is 5.82 Å². The highest BCUT2D eigenvalue weighted by molar-refractivity contribution is 7.71. The first kappa shape index (κ1) is 15.2. The molecule has 0 atom stereocenters. The largest absolute Gasteiger partial charge is 0.381 e. The van der Waals surface area contributed by atoms with Crippen molar-refractivity contribution in [2.24, 2.45) is 0 Å². The topological polar surface area (TPSA) is 29.9 Å². The van der Waals surface area contributed by atoms with E-state index in [0.717, 1.165) is 50.1 Å². The molecule has 1 aromatic heterocycles. The average Bonchev–Trinajstić information content (AvgIpc) is 2.70. The Morgan fingerprint density at radius 2 is 2.05 bits per heavy atom. The van der Waals surface area contributed by atoms with Gasteiger partial charge >= 0.3 is 0 Å². The number of unbranched alkanes of at least 4 members (excludes halogenated alkanes) is 1. The standard InChI is InChI=1S/C15H21FN2OS/c1-3-4-7-19-8-5-6-18-14-9-11(2)12(16)10-13(14)17-15(18)20/h9-10H,3-8H2,1-2H3,(H,17,20). The van der Waals surface area contributed by atoms with Crippen LogP contribution in [0.2, 0.25) is 0 Å². The molecule has 0 radical (unpaired) electrons. The van der Waals surface area contributed by atoms with Gasteiger partial charge in [0.25, 0.3) is 0 Å². The number of hydrogen-bond acceptors (Lipinski definition) is 2. The third-order valence-electron chi connectivity index (χ3n) is 3.37. The van der Waals surface area contributed by atoms with Crippen molar-refractivity contribution in [1.29, 1.82) is 0 Å². The molecule has 1 N–H and O–H groups in total. The van der Waals surface area contributed by atoms with E-state index in [0.29, 0.717) is 10.3 Å². The fourth-order valence-electron chi connectivity index (χ4n) is 2.18. The number of H-pyrrole nitrogens is 1. The van der Waals surface area contributed by atoms with E-state index in [1.54, 1.807) is 6.92 Å². The summed E-state index contributed by atoms with van der Waals surface area (Å²) in [6, 6.07) is 3.35. The van der Waals surface area contributed by atoms with Gasteiger partial charge in [-0.2, -0.15) is 0 Å². The Hall–Kier alpha value is -1.20. The number of halogens is 1. The summed E-state index contributed by atoms with van der Waals surface area (Å²) < 4.78 is 21.7. The second-order valence-electron chi connectivity index (χ2n) is 5.02. The number of nitrogens with one attached hydrogen (secondary N) is 1. The number of fused-ring (bicyclic) bond motifs is 1. The lowest BCUT2D eigenvalue weighted by atomic mass is 10.2. The molecule has 0 saturated heterocycles. The Morgan fingerprint density at radius 1 is 1.30 bits per heavy atom. The summed E-state index contributed by atoms with van der Waals surface area (Å²) in [7, 11) is 0. The molecule has 0 aliphatic carbocycles. The Morgan fingerprint density at radius 3 is 2.80 bits per heavy atom. The zero-order valence-electron chi connectivity index (χ0n) is 12.0. The first-order chi connectivity index (χ1) is 9.63. The normalized spacial score (nSPS) is 11.3. The van der Waals surface area contributed by atoms with Gasteiger partial charge in [-0.3, -0.25) is 0 Å². The van der Waals surface area contributed by atoms with Crippen LogP contribution in [0.1, 0.15) is 31.7 Å². The van der Waals surface area contributed by atoms with E-state index in [-0.39, 0.29) is 5.82 Å². The van der Waals surface area contributed by atoms with Crippen molar-refractivity contribution in [2.45, 2.75) is 39.7 Å². The van der Waals surface area contributed by atoms with Crippen LogP contribution in [0, 0.1) is 17.5 Å². The van der Waals surface area contributed by atoms with Gasteiger partial charge in [0.2, 0.25) is 0 Å². The van der Waals surface area contributed by atoms with Crippen molar-refractivity contribution in [2.75, 3.05) is 13.2 Å². The maximum absolute atomic E-state index is 13.5. The van der Waals surface area contributed by atoms with E-state index in [1.165, 1.54) is 6.07 Å². The van der Waals surface area contributed by atoms with Crippen molar-refractivity contribution < 1.29 is 9.13 Å². The summed E-state index contributed by atoms with van der Waals surface area (Å²) in [4.78, 5) is 3.05. The van der Waals surface area contributed by atoms with Gasteiger partial charge in [-0.05, 0) is 49.7 Å². The lowest BCUT2D eigenvalue weighted by Gasteiger charge is -2.06. The molecule has 0 aliphatic heterocycles. The number of nitrogens with zero attached hydrogens (tertiary/aromatic N) is 1. The van der Waals surface area contributed by atoms with Crippen LogP contribution in [0.3, 0.4) is 0 Å². The third-order valence-corrected chi connectivity index (χ3v) is 3.69. The average molecular weight is 296 g/mol. The molecule has 5 heteroatoms. The number of aromatic amines is 1. The van der Waals surface area contributed by atoms with Gasteiger partial charge in [0.15, 0.2) is 4.77 Å². The maximum Gasteiger partial charge on any atom is 0.178 e. The minimum absolute atomic E-state index is 0.205. The fraction of sp³-hybridized carbons (Fsp3) is 0.533. The van der Waals surface area contributed by atoms with E-state index in [4.69, 9.17) is 17.0 Å². The van der Waals surface area contributed by atoms with E-state index in [1.807, 2.05) is 10.6 Å². The number of aromatic nitrogens is 2. The Balaban J connectivity index is 2.04. The summed E-state index contributed by atoms with van der Waals surface area (Å²) in [5, 5.41) is 0. The monoisotopic (exact) mass is 296 g/mol. The van der Waals surface area contributed by atoms with E-state index in [2.05, 4.69) is 11.9 Å². The number of ether oxygens (including phenoxy) is 1. The second-order valence-corrected chi connectivity index (χ2v) is 5.41. The Labute approximate surface area is 123 Å². The molecule has 0 spiro atoms. The van der Waals surface area contributed by atoms with Gasteiger partial charge in [0.05, 0.1) is 11.0 Å². The first-order valence-electron chi connectivity index (χ1n) is 7.10. The molecule has 0 saturated carbocycles. The summed E-state index contributed by atoms with van der Waals surface area (Å²) in [6.07, 6.45) is 3.16. The van der Waals surface area contributed by atoms with Gasteiger partial charge < -0.3 is 14.3 Å². The summed E-state index contributed by atoms with van der Waals surface area (Å²) >= 11 is 5.30. The number of benzene rings is 1. The van der Waals surface area contributed by atoms with Crippen LogP contribution in [-0.4, -0.2) is 22.8 Å². The van der Waals surface area contributed by atoms with E-state index in [9.17, 15) is 4.39 Å². The highest BCUT2D eigenvalue weighted by atomic mass is 32.1. The molecule has 0 amide bonds. The highest BCUT2D eigenvalue weighted by Gasteiger charge is 2.07. The Kier molecular flexibility index (Phi) is 5.31. The number of imidazole rings is 1. The van der Waals surface area contributed by atoms with Crippen LogP contribution >= 0.6 is 12.2 Å². The van der Waals surface area contributed by atoms with Crippen molar-refractivity contribution >= 4 is 23.3 Å². The van der Waals surface area contributed by atoms with Gasteiger partial charge in [0, 0.05) is 19.8 Å². The minimum atomic E-state index is -0.205. The van der Waals surface area contributed by atoms with Crippen molar-refractivity contribution in [3.63, 3.8) is 0 Å². The molecule has 20 heavy (non-hydrogen) atoms. The zero-order chi connectivity index (χ0) is 14.5. The van der Waals surface area contributed by atoms with Crippen LogP contribution in [0.5, 0.6) is 0 Å². The van der Waals surface area contributed by atoms with Crippen molar-refractivity contribution in [1.82, 2.24) is 9.55 Å². The van der Waals surface area contributed by atoms with Crippen molar-refractivity contribution in [3.05, 3.63) is 28.3 Å². The molecule has 1 heterocycles. The molecular weight excluding hydrogens is 275 g/mol. The molecule has 2 aromatic rings.